The number of hydrogen-bond donors (Lipinski definition) is 2. The van der Waals surface area contributed by atoms with Crippen LogP contribution < -0.4 is 0 Å². The first-order valence-electron chi connectivity index (χ1n) is 4.44. The Morgan fingerprint density at radius 2 is 2.38 bits per heavy atom. The Kier molecular flexibility index (Phi) is 2.65. The van der Waals surface area contributed by atoms with Crippen molar-refractivity contribution in [2.24, 2.45) is 7.05 Å². The Morgan fingerprint density at radius 1 is 1.62 bits per heavy atom. The van der Waals surface area contributed by atoms with Gasteiger partial charge in [0.1, 0.15) is 17.3 Å². The number of aromatic amines is 1. The van der Waals surface area contributed by atoms with Crippen LogP contribution in [0.5, 0.6) is 0 Å². The van der Waals surface area contributed by atoms with E-state index in [0.717, 1.165) is 0 Å². The fraction of sp³-hybridized carbons (Fsp3) is 0.250. The molecule has 1 N–H and O–H groups in total. The first kappa shape index (κ1) is 10.7. The van der Waals surface area contributed by atoms with Crippen LogP contribution >= 0.6 is 12.6 Å². The molecule has 0 spiro atoms. The van der Waals surface area contributed by atoms with Crippen molar-refractivity contribution in [2.75, 3.05) is 0 Å². The molecule has 0 aliphatic heterocycles. The minimum absolute atomic E-state index is 0.0689. The highest BCUT2D eigenvalue weighted by Crippen LogP contribution is 2.26. The lowest BCUT2D eigenvalue weighted by Crippen LogP contribution is -2.06. The Hall–Kier alpha value is -1.83. The summed E-state index contributed by atoms with van der Waals surface area (Å²) in [7, 11) is 1.58. The molecule has 2 rings (SSSR count). The lowest BCUT2D eigenvalue weighted by atomic mass is 10.4. The van der Waals surface area contributed by atoms with Crippen LogP contribution in [0, 0.1) is 10.1 Å². The molecule has 16 heavy (non-hydrogen) atoms. The molecule has 0 saturated heterocycles. The van der Waals surface area contributed by atoms with E-state index in [4.69, 9.17) is 0 Å². The van der Waals surface area contributed by atoms with E-state index >= 15 is 0 Å². The number of hydrogen-bond acceptors (Lipinski definition) is 5. The molecule has 0 aliphatic rings. The maximum Gasteiger partial charge on any atom is 0.342 e. The average Bonchev–Trinajstić information content (AvgIpc) is 2.84. The molecule has 0 aliphatic carbocycles. The van der Waals surface area contributed by atoms with Gasteiger partial charge in [0.2, 0.25) is 5.82 Å². The number of imidazole rings is 2. The van der Waals surface area contributed by atoms with Gasteiger partial charge in [0.05, 0.1) is 7.05 Å². The van der Waals surface area contributed by atoms with Crippen molar-refractivity contribution in [1.82, 2.24) is 19.5 Å². The van der Waals surface area contributed by atoms with Crippen molar-refractivity contribution in [3.05, 3.63) is 40.4 Å². The second-order valence-corrected chi connectivity index (χ2v) is 3.68. The van der Waals surface area contributed by atoms with E-state index in [9.17, 15) is 10.1 Å². The summed E-state index contributed by atoms with van der Waals surface area (Å²) in [5.74, 6) is 1.01. The molecule has 1 unspecified atom stereocenters. The van der Waals surface area contributed by atoms with E-state index in [-0.39, 0.29) is 5.82 Å². The van der Waals surface area contributed by atoms with E-state index in [1.807, 2.05) is 0 Å². The van der Waals surface area contributed by atoms with Gasteiger partial charge >= 0.3 is 5.82 Å². The van der Waals surface area contributed by atoms with Gasteiger partial charge in [-0.05, 0) is 4.92 Å². The summed E-state index contributed by atoms with van der Waals surface area (Å²) in [5.41, 5.74) is 0. The van der Waals surface area contributed by atoms with E-state index in [0.29, 0.717) is 11.6 Å². The molecule has 0 aromatic carbocycles. The molecule has 1 atom stereocenters. The number of nitrogens with one attached hydrogen (secondary N) is 1. The lowest BCUT2D eigenvalue weighted by Gasteiger charge is -2.04. The van der Waals surface area contributed by atoms with Gasteiger partial charge in [-0.2, -0.15) is 12.6 Å². The maximum absolute atomic E-state index is 10.6. The SMILES string of the molecule is Cn1c([N+](=O)[O-])cnc1C(S)c1ncc[nH]1. The molecule has 0 fully saturated rings. The second kappa shape index (κ2) is 3.97. The number of H-pyrrole nitrogens is 1. The molecule has 84 valence electrons. The lowest BCUT2D eigenvalue weighted by molar-refractivity contribution is -0.391. The smallest absolute Gasteiger partial charge is 0.342 e. The molecule has 8 heteroatoms. The topological polar surface area (TPSA) is 89.6 Å². The third kappa shape index (κ3) is 1.67. The zero-order valence-corrected chi connectivity index (χ0v) is 9.26. The minimum atomic E-state index is -0.487. The van der Waals surface area contributed by atoms with Gasteiger partial charge < -0.3 is 15.1 Å². The van der Waals surface area contributed by atoms with Crippen molar-refractivity contribution in [2.45, 2.75) is 5.25 Å². The van der Waals surface area contributed by atoms with Crippen molar-refractivity contribution in [3.8, 4) is 0 Å². The molecular weight excluding hydrogens is 230 g/mol. The Morgan fingerprint density at radius 3 is 2.88 bits per heavy atom. The largest absolute Gasteiger partial charge is 0.358 e. The van der Waals surface area contributed by atoms with Gasteiger partial charge in [-0.25, -0.2) is 14.5 Å². The molecule has 0 radical (unpaired) electrons. The van der Waals surface area contributed by atoms with Gasteiger partial charge in [0, 0.05) is 12.4 Å². The average molecular weight is 239 g/mol. The van der Waals surface area contributed by atoms with Crippen LogP contribution in [-0.4, -0.2) is 24.4 Å². The van der Waals surface area contributed by atoms with E-state index < -0.39 is 10.2 Å². The summed E-state index contributed by atoms with van der Waals surface area (Å²) >= 11 is 4.33. The van der Waals surface area contributed by atoms with Gasteiger partial charge in [0.15, 0.2) is 0 Å². The standard InChI is InChI=1S/C8H9N5O2S/c1-12-5(13(14)15)4-11-8(12)6(16)7-9-2-3-10-7/h2-4,6,16H,1H3,(H,9,10). The Bertz CT molecular complexity index is 506. The van der Waals surface area contributed by atoms with E-state index in [2.05, 4.69) is 27.6 Å². The molecule has 7 nitrogen and oxygen atoms in total. The highest BCUT2D eigenvalue weighted by Gasteiger charge is 2.24. The Labute approximate surface area is 96.1 Å². The van der Waals surface area contributed by atoms with Crippen molar-refractivity contribution < 1.29 is 4.92 Å². The molecule has 0 bridgehead atoms. The predicted octanol–water partition coefficient (Wildman–Crippen LogP) is 1.07. The summed E-state index contributed by atoms with van der Waals surface area (Å²) in [6, 6.07) is 0. The van der Waals surface area contributed by atoms with E-state index in [1.165, 1.54) is 10.8 Å². The van der Waals surface area contributed by atoms with Crippen molar-refractivity contribution >= 4 is 18.4 Å². The fourth-order valence-electron chi connectivity index (χ4n) is 1.39. The van der Waals surface area contributed by atoms with Crippen molar-refractivity contribution in [3.63, 3.8) is 0 Å². The number of nitrogens with zero attached hydrogens (tertiary/aromatic N) is 4. The zero-order valence-electron chi connectivity index (χ0n) is 8.36. The molecule has 2 aromatic rings. The second-order valence-electron chi connectivity index (χ2n) is 3.17. The van der Waals surface area contributed by atoms with Crippen LogP contribution in [0.25, 0.3) is 0 Å². The number of aromatic nitrogens is 4. The van der Waals surface area contributed by atoms with Crippen molar-refractivity contribution in [1.29, 1.82) is 0 Å². The summed E-state index contributed by atoms with van der Waals surface area (Å²) < 4.78 is 1.39. The summed E-state index contributed by atoms with van der Waals surface area (Å²) in [6.45, 7) is 0. The van der Waals surface area contributed by atoms with Gasteiger partial charge in [0.25, 0.3) is 0 Å². The minimum Gasteiger partial charge on any atom is -0.358 e. The number of rotatable bonds is 3. The first-order chi connectivity index (χ1) is 7.61. The third-order valence-electron chi connectivity index (χ3n) is 2.21. The van der Waals surface area contributed by atoms with Crippen LogP contribution in [0.4, 0.5) is 5.82 Å². The van der Waals surface area contributed by atoms with Crippen LogP contribution in [0.2, 0.25) is 0 Å². The number of nitro groups is 1. The molecular formula is C8H9N5O2S. The fourth-order valence-corrected chi connectivity index (χ4v) is 1.77. The Balaban J connectivity index is 2.38. The third-order valence-corrected chi connectivity index (χ3v) is 2.69. The van der Waals surface area contributed by atoms with Crippen LogP contribution in [0.15, 0.2) is 18.6 Å². The quantitative estimate of drug-likeness (QED) is 0.476. The van der Waals surface area contributed by atoms with Gasteiger partial charge in [-0.15, -0.1) is 0 Å². The van der Waals surface area contributed by atoms with E-state index in [1.54, 1.807) is 19.4 Å². The monoisotopic (exact) mass is 239 g/mol. The molecule has 0 amide bonds. The van der Waals surface area contributed by atoms with Crippen LogP contribution in [-0.2, 0) is 7.05 Å². The van der Waals surface area contributed by atoms with Crippen LogP contribution in [0.1, 0.15) is 16.9 Å². The highest BCUT2D eigenvalue weighted by atomic mass is 32.1. The molecule has 2 aromatic heterocycles. The normalized spacial score (nSPS) is 12.6. The zero-order chi connectivity index (χ0) is 11.7. The molecule has 2 heterocycles. The maximum atomic E-state index is 10.6. The summed E-state index contributed by atoms with van der Waals surface area (Å²) in [5, 5.41) is 10.2. The first-order valence-corrected chi connectivity index (χ1v) is 4.96. The summed E-state index contributed by atoms with van der Waals surface area (Å²) in [6.07, 6.45) is 4.47. The molecule has 0 saturated carbocycles. The van der Waals surface area contributed by atoms with Gasteiger partial charge in [-0.1, -0.05) is 0 Å². The van der Waals surface area contributed by atoms with Crippen LogP contribution in [0.3, 0.4) is 0 Å². The summed E-state index contributed by atoms with van der Waals surface area (Å²) in [4.78, 5) is 21.1. The highest BCUT2D eigenvalue weighted by molar-refractivity contribution is 7.80. The predicted molar refractivity (Wildman–Crippen MR) is 59.3 cm³/mol. The number of thiol groups is 1. The van der Waals surface area contributed by atoms with Gasteiger partial charge in [-0.3, -0.25) is 0 Å².